The summed E-state index contributed by atoms with van der Waals surface area (Å²) >= 11 is 0. The number of carbonyl (C=O) groups is 1. The highest BCUT2D eigenvalue weighted by atomic mass is 32.2. The van der Waals surface area contributed by atoms with Gasteiger partial charge in [-0.15, -0.1) is 0 Å². The third-order valence-electron chi connectivity index (χ3n) is 4.19. The van der Waals surface area contributed by atoms with Gasteiger partial charge in [0.25, 0.3) is 5.91 Å². The minimum Gasteiger partial charge on any atom is -0.351 e. The van der Waals surface area contributed by atoms with Crippen molar-refractivity contribution in [2.24, 2.45) is 0 Å². The molecule has 1 amide bonds. The van der Waals surface area contributed by atoms with Crippen LogP contribution in [0.2, 0.25) is 0 Å². The summed E-state index contributed by atoms with van der Waals surface area (Å²) in [7, 11) is -3.53. The Morgan fingerprint density at radius 3 is 2.52 bits per heavy atom. The molecule has 0 spiro atoms. The lowest BCUT2D eigenvalue weighted by atomic mass is 10.2. The van der Waals surface area contributed by atoms with Gasteiger partial charge in [0.2, 0.25) is 10.0 Å². The lowest BCUT2D eigenvalue weighted by Gasteiger charge is -2.07. The molecule has 0 aliphatic rings. The van der Waals surface area contributed by atoms with E-state index < -0.39 is 10.0 Å². The van der Waals surface area contributed by atoms with Crippen molar-refractivity contribution in [1.82, 2.24) is 19.4 Å². The molecule has 2 aromatic heterocycles. The molecule has 27 heavy (non-hydrogen) atoms. The Kier molecular flexibility index (Phi) is 5.57. The molecule has 8 heteroatoms. The topological polar surface area (TPSA) is 92.6 Å². The van der Waals surface area contributed by atoms with Gasteiger partial charge >= 0.3 is 0 Å². The number of nitrogens with zero attached hydrogens (tertiary/aromatic N) is 2. The van der Waals surface area contributed by atoms with E-state index in [0.717, 1.165) is 11.3 Å². The fourth-order valence-electron chi connectivity index (χ4n) is 2.65. The lowest BCUT2D eigenvalue weighted by molar-refractivity contribution is 0.0949. The van der Waals surface area contributed by atoms with E-state index in [1.165, 1.54) is 0 Å². The average molecular weight is 386 g/mol. The third-order valence-corrected chi connectivity index (χ3v) is 5.67. The second kappa shape index (κ2) is 7.89. The molecule has 0 saturated heterocycles. The van der Waals surface area contributed by atoms with E-state index in [-0.39, 0.29) is 17.3 Å². The maximum absolute atomic E-state index is 12.2. The van der Waals surface area contributed by atoms with Crippen molar-refractivity contribution in [2.45, 2.75) is 25.2 Å². The van der Waals surface area contributed by atoms with Crippen LogP contribution in [0.3, 0.4) is 0 Å². The molecule has 2 heterocycles. The summed E-state index contributed by atoms with van der Waals surface area (Å²) < 4.78 is 28.8. The molecule has 2 N–H and O–H groups in total. The van der Waals surface area contributed by atoms with Gasteiger partial charge in [-0.05, 0) is 44.5 Å². The van der Waals surface area contributed by atoms with Gasteiger partial charge in [-0.2, -0.15) is 0 Å². The molecule has 7 nitrogen and oxygen atoms in total. The molecule has 0 atom stereocenters. The van der Waals surface area contributed by atoms with Gasteiger partial charge in [-0.3, -0.25) is 4.79 Å². The predicted octanol–water partition coefficient (Wildman–Crippen LogP) is 2.05. The van der Waals surface area contributed by atoms with Crippen LogP contribution < -0.4 is 10.0 Å². The first-order valence-electron chi connectivity index (χ1n) is 8.66. The van der Waals surface area contributed by atoms with Crippen LogP contribution in [0.4, 0.5) is 0 Å². The van der Waals surface area contributed by atoms with Crippen LogP contribution in [0.1, 0.15) is 28.2 Å². The van der Waals surface area contributed by atoms with E-state index in [4.69, 9.17) is 0 Å². The van der Waals surface area contributed by atoms with Crippen LogP contribution in [0.25, 0.3) is 5.65 Å². The predicted molar refractivity (Wildman–Crippen MR) is 103 cm³/mol. The Hall–Kier alpha value is -2.71. The second-order valence-corrected chi connectivity index (χ2v) is 8.11. The first-order chi connectivity index (χ1) is 12.9. The highest BCUT2D eigenvalue weighted by molar-refractivity contribution is 7.89. The number of sulfonamides is 1. The highest BCUT2D eigenvalue weighted by Gasteiger charge is 2.13. The molecule has 0 bridgehead atoms. The van der Waals surface area contributed by atoms with E-state index >= 15 is 0 Å². The number of hydrogen-bond donors (Lipinski definition) is 2. The number of nitrogens with one attached hydrogen (secondary N) is 2. The maximum atomic E-state index is 12.2. The van der Waals surface area contributed by atoms with Crippen LogP contribution in [-0.4, -0.2) is 36.8 Å². The van der Waals surface area contributed by atoms with Gasteiger partial charge in [-0.1, -0.05) is 23.8 Å². The first kappa shape index (κ1) is 19.1. The summed E-state index contributed by atoms with van der Waals surface area (Å²) in [5.74, 6) is -0.278. The van der Waals surface area contributed by atoms with Crippen molar-refractivity contribution in [3.8, 4) is 0 Å². The van der Waals surface area contributed by atoms with Crippen molar-refractivity contribution >= 4 is 21.6 Å². The molecule has 1 aromatic carbocycles. The van der Waals surface area contributed by atoms with E-state index in [1.807, 2.05) is 36.4 Å². The number of benzene rings is 1. The summed E-state index contributed by atoms with van der Waals surface area (Å²) in [4.78, 5) is 16.7. The molecule has 0 radical (unpaired) electrons. The summed E-state index contributed by atoms with van der Waals surface area (Å²) in [5, 5.41) is 2.76. The van der Waals surface area contributed by atoms with E-state index in [0.29, 0.717) is 24.3 Å². The summed E-state index contributed by atoms with van der Waals surface area (Å²) in [6.07, 6.45) is 2.17. The summed E-state index contributed by atoms with van der Waals surface area (Å²) in [6, 6.07) is 12.3. The number of pyridine rings is 1. The molecule has 3 rings (SSSR count). The fraction of sp³-hybridized carbons (Fsp3) is 0.263. The molecule has 0 aliphatic carbocycles. The number of imidazole rings is 1. The minimum absolute atomic E-state index is 0.234. The Morgan fingerprint density at radius 2 is 1.81 bits per heavy atom. The maximum Gasteiger partial charge on any atom is 0.271 e. The molecule has 0 saturated carbocycles. The Balaban J connectivity index is 1.48. The number of rotatable bonds is 7. The Labute approximate surface area is 158 Å². The van der Waals surface area contributed by atoms with Crippen molar-refractivity contribution in [1.29, 1.82) is 0 Å². The zero-order valence-electron chi connectivity index (χ0n) is 15.3. The quantitative estimate of drug-likeness (QED) is 0.608. The molecule has 0 fully saturated rings. The number of aryl methyl sites for hydroxylation is 2. The summed E-state index contributed by atoms with van der Waals surface area (Å²) in [6.45, 7) is 4.43. The van der Waals surface area contributed by atoms with E-state index in [2.05, 4.69) is 15.0 Å². The van der Waals surface area contributed by atoms with Crippen LogP contribution in [0.5, 0.6) is 0 Å². The van der Waals surface area contributed by atoms with Gasteiger partial charge < -0.3 is 9.72 Å². The SMILES string of the molecule is Cc1ccc(S(=O)(=O)NCCCNC(=O)c2cn3c(C)cccc3n2)cc1. The fourth-order valence-corrected chi connectivity index (χ4v) is 3.72. The molecular formula is C19H22N4O3S. The zero-order chi connectivity index (χ0) is 19.4. The molecule has 0 unspecified atom stereocenters. The van der Waals surface area contributed by atoms with Gasteiger partial charge in [0, 0.05) is 25.0 Å². The van der Waals surface area contributed by atoms with Crippen molar-refractivity contribution in [3.63, 3.8) is 0 Å². The van der Waals surface area contributed by atoms with Crippen LogP contribution in [0, 0.1) is 13.8 Å². The molecule has 0 aliphatic heterocycles. The highest BCUT2D eigenvalue weighted by Crippen LogP contribution is 2.10. The molecule has 142 valence electrons. The number of hydrogen-bond acceptors (Lipinski definition) is 4. The standard InChI is InChI=1S/C19H22N4O3S/c1-14-7-9-16(10-8-14)27(25,26)21-12-4-11-20-19(24)17-13-23-15(2)5-3-6-18(23)22-17/h3,5-10,13,21H,4,11-12H2,1-2H3,(H,20,24). The van der Waals surface area contributed by atoms with Crippen LogP contribution >= 0.6 is 0 Å². The normalized spacial score (nSPS) is 11.6. The van der Waals surface area contributed by atoms with Gasteiger partial charge in [0.15, 0.2) is 0 Å². The Bertz CT molecular complexity index is 1060. The van der Waals surface area contributed by atoms with Gasteiger partial charge in [0.05, 0.1) is 4.90 Å². The summed E-state index contributed by atoms with van der Waals surface area (Å²) in [5.41, 5.74) is 3.04. The Morgan fingerprint density at radius 1 is 1.07 bits per heavy atom. The van der Waals surface area contributed by atoms with Gasteiger partial charge in [0.1, 0.15) is 11.3 Å². The smallest absolute Gasteiger partial charge is 0.271 e. The lowest BCUT2D eigenvalue weighted by Crippen LogP contribution is -2.30. The van der Waals surface area contributed by atoms with Crippen LogP contribution in [-0.2, 0) is 10.0 Å². The minimum atomic E-state index is -3.53. The van der Waals surface area contributed by atoms with Gasteiger partial charge in [-0.25, -0.2) is 18.1 Å². The number of fused-ring (bicyclic) bond motifs is 1. The van der Waals surface area contributed by atoms with Crippen molar-refractivity contribution in [3.05, 3.63) is 65.6 Å². The zero-order valence-corrected chi connectivity index (χ0v) is 16.1. The van der Waals surface area contributed by atoms with Crippen molar-refractivity contribution < 1.29 is 13.2 Å². The first-order valence-corrected chi connectivity index (χ1v) is 10.1. The van der Waals surface area contributed by atoms with E-state index in [9.17, 15) is 13.2 Å². The largest absolute Gasteiger partial charge is 0.351 e. The van der Waals surface area contributed by atoms with Crippen molar-refractivity contribution in [2.75, 3.05) is 13.1 Å². The van der Waals surface area contributed by atoms with E-state index in [1.54, 1.807) is 30.5 Å². The average Bonchev–Trinajstić information content (AvgIpc) is 3.07. The number of carbonyl (C=O) groups excluding carboxylic acids is 1. The monoisotopic (exact) mass is 386 g/mol. The molecule has 3 aromatic rings. The number of aromatic nitrogens is 2. The number of amides is 1. The third kappa shape index (κ3) is 4.53. The van der Waals surface area contributed by atoms with Crippen LogP contribution in [0.15, 0.2) is 53.6 Å². The molecular weight excluding hydrogens is 364 g/mol. The second-order valence-electron chi connectivity index (χ2n) is 6.34.